The molecule has 0 unspecified atom stereocenters. The summed E-state index contributed by atoms with van der Waals surface area (Å²) in [5.74, 6) is 1.14. The SMILES string of the molecule is CCOc1cc(C)c2c(c1C)C(=O)CC2. The van der Waals surface area contributed by atoms with Crippen molar-refractivity contribution in [3.05, 3.63) is 28.3 Å². The number of hydrogen-bond donors (Lipinski definition) is 0. The zero-order valence-corrected chi connectivity index (χ0v) is 9.52. The molecular formula is C13H16O2. The van der Waals surface area contributed by atoms with Crippen molar-refractivity contribution in [1.82, 2.24) is 0 Å². The van der Waals surface area contributed by atoms with Gasteiger partial charge in [-0.15, -0.1) is 0 Å². The van der Waals surface area contributed by atoms with Gasteiger partial charge in [0.2, 0.25) is 0 Å². The van der Waals surface area contributed by atoms with E-state index in [1.807, 2.05) is 13.8 Å². The minimum Gasteiger partial charge on any atom is -0.494 e. The maximum absolute atomic E-state index is 11.7. The van der Waals surface area contributed by atoms with Crippen molar-refractivity contribution in [2.75, 3.05) is 6.61 Å². The molecule has 2 heteroatoms. The first-order valence-corrected chi connectivity index (χ1v) is 5.44. The van der Waals surface area contributed by atoms with E-state index in [-0.39, 0.29) is 5.78 Å². The maximum atomic E-state index is 11.7. The summed E-state index contributed by atoms with van der Waals surface area (Å²) >= 11 is 0. The zero-order chi connectivity index (χ0) is 11.0. The maximum Gasteiger partial charge on any atom is 0.163 e. The molecule has 1 aromatic rings. The Morgan fingerprint density at radius 1 is 1.33 bits per heavy atom. The van der Waals surface area contributed by atoms with Gasteiger partial charge in [0.25, 0.3) is 0 Å². The quantitative estimate of drug-likeness (QED) is 0.740. The molecule has 0 aromatic heterocycles. The Kier molecular flexibility index (Phi) is 2.51. The van der Waals surface area contributed by atoms with Gasteiger partial charge in [-0.2, -0.15) is 0 Å². The van der Waals surface area contributed by atoms with Crippen LogP contribution in [-0.2, 0) is 6.42 Å². The highest BCUT2D eigenvalue weighted by Crippen LogP contribution is 2.33. The van der Waals surface area contributed by atoms with Crippen LogP contribution in [0.5, 0.6) is 5.75 Å². The van der Waals surface area contributed by atoms with Crippen molar-refractivity contribution in [3.8, 4) is 5.75 Å². The van der Waals surface area contributed by atoms with Gasteiger partial charge in [-0.25, -0.2) is 0 Å². The first kappa shape index (κ1) is 10.2. The summed E-state index contributed by atoms with van der Waals surface area (Å²) in [6.45, 7) is 6.64. The van der Waals surface area contributed by atoms with Gasteiger partial charge in [0.05, 0.1) is 6.61 Å². The molecule has 0 radical (unpaired) electrons. The molecule has 15 heavy (non-hydrogen) atoms. The summed E-state index contributed by atoms with van der Waals surface area (Å²) in [7, 11) is 0. The highest BCUT2D eigenvalue weighted by atomic mass is 16.5. The number of ether oxygens (including phenoxy) is 1. The number of fused-ring (bicyclic) bond motifs is 1. The number of carbonyl (C=O) groups is 1. The van der Waals surface area contributed by atoms with Gasteiger partial charge in [-0.1, -0.05) is 0 Å². The van der Waals surface area contributed by atoms with Crippen molar-refractivity contribution in [2.45, 2.75) is 33.6 Å². The molecule has 80 valence electrons. The minimum atomic E-state index is 0.271. The highest BCUT2D eigenvalue weighted by molar-refractivity contribution is 6.02. The van der Waals surface area contributed by atoms with Gasteiger partial charge in [-0.3, -0.25) is 4.79 Å². The summed E-state index contributed by atoms with van der Waals surface area (Å²) in [5.41, 5.74) is 4.34. The fourth-order valence-electron chi connectivity index (χ4n) is 2.31. The largest absolute Gasteiger partial charge is 0.494 e. The van der Waals surface area contributed by atoms with Crippen LogP contribution in [0.1, 0.15) is 40.4 Å². The number of rotatable bonds is 2. The molecule has 0 N–H and O–H groups in total. The van der Waals surface area contributed by atoms with E-state index in [9.17, 15) is 4.79 Å². The van der Waals surface area contributed by atoms with Crippen molar-refractivity contribution in [1.29, 1.82) is 0 Å². The van der Waals surface area contributed by atoms with E-state index >= 15 is 0 Å². The lowest BCUT2D eigenvalue weighted by Crippen LogP contribution is -2.02. The summed E-state index contributed by atoms with van der Waals surface area (Å²) in [6.07, 6.45) is 1.56. The molecule has 0 bridgehead atoms. The van der Waals surface area contributed by atoms with Gasteiger partial charge >= 0.3 is 0 Å². The standard InChI is InChI=1S/C13H16O2/c1-4-15-12-7-8(2)10-5-6-11(14)13(10)9(12)3/h7H,4-6H2,1-3H3. The first-order chi connectivity index (χ1) is 7.15. The Bertz CT molecular complexity index is 419. The molecule has 1 aliphatic carbocycles. The summed E-state index contributed by atoms with van der Waals surface area (Å²) in [4.78, 5) is 11.7. The first-order valence-electron chi connectivity index (χ1n) is 5.44. The number of ketones is 1. The normalized spacial score (nSPS) is 14.2. The van der Waals surface area contributed by atoms with E-state index in [0.717, 1.165) is 23.3 Å². The molecule has 0 heterocycles. The van der Waals surface area contributed by atoms with Gasteiger partial charge < -0.3 is 4.74 Å². The average molecular weight is 204 g/mol. The molecule has 1 aliphatic rings. The predicted molar refractivity (Wildman–Crippen MR) is 59.7 cm³/mol. The lowest BCUT2D eigenvalue weighted by Gasteiger charge is -2.13. The molecule has 1 aromatic carbocycles. The van der Waals surface area contributed by atoms with Crippen LogP contribution >= 0.6 is 0 Å². The monoisotopic (exact) mass is 204 g/mol. The third-order valence-corrected chi connectivity index (χ3v) is 3.05. The van der Waals surface area contributed by atoms with Crippen LogP contribution in [-0.4, -0.2) is 12.4 Å². The molecular weight excluding hydrogens is 188 g/mol. The average Bonchev–Trinajstić information content (AvgIpc) is 2.57. The molecule has 2 nitrogen and oxygen atoms in total. The molecule has 0 aliphatic heterocycles. The second kappa shape index (κ2) is 3.69. The van der Waals surface area contributed by atoms with Crippen molar-refractivity contribution in [3.63, 3.8) is 0 Å². The Morgan fingerprint density at radius 3 is 2.73 bits per heavy atom. The van der Waals surface area contributed by atoms with Crippen LogP contribution in [0.25, 0.3) is 0 Å². The molecule has 2 rings (SSSR count). The topological polar surface area (TPSA) is 26.3 Å². The van der Waals surface area contributed by atoms with Gasteiger partial charge in [-0.05, 0) is 44.4 Å². The molecule has 0 spiro atoms. The van der Waals surface area contributed by atoms with Crippen LogP contribution in [0.4, 0.5) is 0 Å². The Balaban J connectivity index is 2.60. The molecule has 0 fully saturated rings. The Labute approximate surface area is 90.3 Å². The summed E-state index contributed by atoms with van der Waals surface area (Å²) < 4.78 is 5.54. The van der Waals surface area contributed by atoms with Crippen molar-refractivity contribution >= 4 is 5.78 Å². The molecule has 0 saturated heterocycles. The Morgan fingerprint density at radius 2 is 2.07 bits per heavy atom. The van der Waals surface area contributed by atoms with E-state index in [4.69, 9.17) is 4.74 Å². The van der Waals surface area contributed by atoms with Crippen molar-refractivity contribution in [2.24, 2.45) is 0 Å². The van der Waals surface area contributed by atoms with Crippen molar-refractivity contribution < 1.29 is 9.53 Å². The summed E-state index contributed by atoms with van der Waals surface area (Å²) in [6, 6.07) is 2.05. The smallest absolute Gasteiger partial charge is 0.163 e. The predicted octanol–water partition coefficient (Wildman–Crippen LogP) is 2.83. The number of benzene rings is 1. The highest BCUT2D eigenvalue weighted by Gasteiger charge is 2.25. The van der Waals surface area contributed by atoms with Gasteiger partial charge in [0, 0.05) is 17.5 Å². The van der Waals surface area contributed by atoms with E-state index in [1.165, 1.54) is 11.1 Å². The van der Waals surface area contributed by atoms with E-state index < -0.39 is 0 Å². The lowest BCUT2D eigenvalue weighted by atomic mass is 9.98. The van der Waals surface area contributed by atoms with Gasteiger partial charge in [0.1, 0.15) is 5.75 Å². The van der Waals surface area contributed by atoms with Crippen LogP contribution in [0.2, 0.25) is 0 Å². The lowest BCUT2D eigenvalue weighted by molar-refractivity contribution is 0.0993. The number of Topliss-reactive ketones (excluding diaryl/α,β-unsaturated/α-hetero) is 1. The fourth-order valence-corrected chi connectivity index (χ4v) is 2.31. The van der Waals surface area contributed by atoms with Crippen LogP contribution in [0.3, 0.4) is 0 Å². The third kappa shape index (κ3) is 1.54. The van der Waals surface area contributed by atoms with E-state index in [0.29, 0.717) is 13.0 Å². The van der Waals surface area contributed by atoms with E-state index in [2.05, 4.69) is 13.0 Å². The third-order valence-electron chi connectivity index (χ3n) is 3.05. The zero-order valence-electron chi connectivity index (χ0n) is 9.52. The Hall–Kier alpha value is -1.31. The number of hydrogen-bond acceptors (Lipinski definition) is 2. The van der Waals surface area contributed by atoms with E-state index in [1.54, 1.807) is 0 Å². The van der Waals surface area contributed by atoms with Crippen LogP contribution < -0.4 is 4.74 Å². The molecule has 0 saturated carbocycles. The minimum absolute atomic E-state index is 0.271. The summed E-state index contributed by atoms with van der Waals surface area (Å²) in [5, 5.41) is 0. The number of carbonyl (C=O) groups excluding carboxylic acids is 1. The number of aryl methyl sites for hydroxylation is 1. The second-order valence-corrected chi connectivity index (χ2v) is 4.03. The fraction of sp³-hybridized carbons (Fsp3) is 0.462. The van der Waals surface area contributed by atoms with Crippen LogP contribution in [0.15, 0.2) is 6.07 Å². The molecule has 0 amide bonds. The van der Waals surface area contributed by atoms with Gasteiger partial charge in [0.15, 0.2) is 5.78 Å². The second-order valence-electron chi connectivity index (χ2n) is 4.03. The molecule has 0 atom stereocenters. The van der Waals surface area contributed by atoms with Crippen LogP contribution in [0, 0.1) is 13.8 Å².